The molecule has 0 radical (unpaired) electrons. The lowest BCUT2D eigenvalue weighted by atomic mass is 10.1. The largest absolute Gasteiger partial charge is 0.441 e. The number of rotatable bonds is 7. The number of benzene rings is 2. The third-order valence-corrected chi connectivity index (χ3v) is 5.45. The van der Waals surface area contributed by atoms with Crippen LogP contribution in [0.4, 0.5) is 0 Å². The average Bonchev–Trinajstić information content (AvgIpc) is 3.50. The molecule has 0 saturated carbocycles. The molecule has 0 aliphatic rings. The quantitative estimate of drug-likeness (QED) is 0.401. The fraction of sp³-hybridized carbons (Fsp3) is 0.154. The van der Waals surface area contributed by atoms with Crippen molar-refractivity contribution in [1.82, 2.24) is 24.8 Å². The first-order chi connectivity index (χ1) is 16.2. The van der Waals surface area contributed by atoms with Crippen LogP contribution in [0.2, 0.25) is 0 Å². The molecule has 7 heteroatoms. The van der Waals surface area contributed by atoms with Gasteiger partial charge in [0.1, 0.15) is 12.1 Å². The minimum Gasteiger partial charge on any atom is -0.441 e. The van der Waals surface area contributed by atoms with Crippen LogP contribution in [0.25, 0.3) is 28.2 Å². The van der Waals surface area contributed by atoms with Crippen LogP contribution in [0.5, 0.6) is 0 Å². The third kappa shape index (κ3) is 4.67. The lowest BCUT2D eigenvalue weighted by Gasteiger charge is -2.07. The zero-order valence-electron chi connectivity index (χ0n) is 18.2. The highest BCUT2D eigenvalue weighted by Gasteiger charge is 2.10. The molecule has 0 fully saturated rings. The molecule has 5 rings (SSSR count). The lowest BCUT2D eigenvalue weighted by Crippen LogP contribution is -2.23. The van der Waals surface area contributed by atoms with Gasteiger partial charge in [-0.3, -0.25) is 9.36 Å². The van der Waals surface area contributed by atoms with Gasteiger partial charge in [0.25, 0.3) is 0 Å². The molecule has 0 unspecified atom stereocenters. The normalized spacial score (nSPS) is 11.1. The van der Waals surface area contributed by atoms with Crippen molar-refractivity contribution in [1.29, 1.82) is 0 Å². The molecule has 7 nitrogen and oxygen atoms in total. The second-order valence-electron chi connectivity index (χ2n) is 7.89. The molecule has 0 spiro atoms. The van der Waals surface area contributed by atoms with Crippen LogP contribution < -0.4 is 5.32 Å². The Labute approximate surface area is 191 Å². The summed E-state index contributed by atoms with van der Waals surface area (Å²) in [4.78, 5) is 25.5. The van der Waals surface area contributed by atoms with Gasteiger partial charge in [0.15, 0.2) is 11.7 Å². The van der Waals surface area contributed by atoms with Crippen molar-refractivity contribution in [3.8, 4) is 17.1 Å². The fourth-order valence-corrected chi connectivity index (χ4v) is 3.59. The summed E-state index contributed by atoms with van der Waals surface area (Å²) in [7, 11) is 0. The van der Waals surface area contributed by atoms with Crippen molar-refractivity contribution in [3.05, 3.63) is 96.4 Å². The van der Waals surface area contributed by atoms with E-state index < -0.39 is 0 Å². The second kappa shape index (κ2) is 9.08. The minimum absolute atomic E-state index is 0.0604. The van der Waals surface area contributed by atoms with E-state index in [9.17, 15) is 4.79 Å². The molecule has 0 bridgehead atoms. The number of oxazole rings is 1. The van der Waals surface area contributed by atoms with Gasteiger partial charge in [-0.15, -0.1) is 0 Å². The number of carbonyl (C=O) groups is 1. The van der Waals surface area contributed by atoms with Crippen LogP contribution >= 0.6 is 0 Å². The van der Waals surface area contributed by atoms with Crippen LogP contribution in [-0.2, 0) is 17.8 Å². The Morgan fingerprint density at radius 1 is 0.970 bits per heavy atom. The van der Waals surface area contributed by atoms with Crippen LogP contribution in [0.15, 0.2) is 83.8 Å². The van der Waals surface area contributed by atoms with E-state index in [1.165, 1.54) is 5.56 Å². The summed E-state index contributed by atoms with van der Waals surface area (Å²) in [5.74, 6) is 1.99. The Kier molecular flexibility index (Phi) is 5.68. The standard InChI is InChI=1S/C26H23N5O2/c1-18-6-9-20(10-7-18)23-16-29-26(33-23)13-12-25(32)28-15-19-8-11-24(27-14-19)31-17-30-21-4-2-3-5-22(21)31/h2-11,14,16-17H,12-13,15H2,1H3,(H,28,32). The first-order valence-electron chi connectivity index (χ1n) is 10.8. The molecule has 3 heterocycles. The van der Waals surface area contributed by atoms with Crippen molar-refractivity contribution in [3.63, 3.8) is 0 Å². The number of pyridine rings is 1. The number of para-hydroxylation sites is 2. The van der Waals surface area contributed by atoms with Gasteiger partial charge >= 0.3 is 0 Å². The second-order valence-corrected chi connectivity index (χ2v) is 7.89. The Morgan fingerprint density at radius 2 is 1.82 bits per heavy atom. The molecule has 1 N–H and O–H groups in total. The molecule has 0 atom stereocenters. The first-order valence-corrected chi connectivity index (χ1v) is 10.8. The highest BCUT2D eigenvalue weighted by molar-refractivity contribution is 5.77. The molecular weight excluding hydrogens is 414 g/mol. The summed E-state index contributed by atoms with van der Waals surface area (Å²) < 4.78 is 7.74. The zero-order valence-corrected chi connectivity index (χ0v) is 18.2. The number of aromatic nitrogens is 4. The maximum Gasteiger partial charge on any atom is 0.220 e. The minimum atomic E-state index is -0.0604. The zero-order chi connectivity index (χ0) is 22.6. The van der Waals surface area contributed by atoms with Gasteiger partial charge in [-0.05, 0) is 30.7 Å². The van der Waals surface area contributed by atoms with Gasteiger partial charge in [0, 0.05) is 31.1 Å². The van der Waals surface area contributed by atoms with Crippen molar-refractivity contribution in [2.24, 2.45) is 0 Å². The molecular formula is C26H23N5O2. The Hall–Kier alpha value is -4.26. The number of hydrogen-bond donors (Lipinski definition) is 1. The van der Waals surface area contributed by atoms with Crippen molar-refractivity contribution < 1.29 is 9.21 Å². The molecule has 0 aliphatic carbocycles. The van der Waals surface area contributed by atoms with Gasteiger partial charge in [-0.2, -0.15) is 0 Å². The van der Waals surface area contributed by atoms with E-state index in [1.807, 2.05) is 72.2 Å². The molecule has 0 aliphatic heterocycles. The van der Waals surface area contributed by atoms with E-state index in [-0.39, 0.29) is 5.91 Å². The Morgan fingerprint density at radius 3 is 2.64 bits per heavy atom. The molecule has 0 saturated heterocycles. The van der Waals surface area contributed by atoms with Gasteiger partial charge < -0.3 is 9.73 Å². The predicted molar refractivity (Wildman–Crippen MR) is 126 cm³/mol. The molecule has 164 valence electrons. The van der Waals surface area contributed by atoms with Crippen molar-refractivity contribution in [2.75, 3.05) is 0 Å². The average molecular weight is 438 g/mol. The summed E-state index contributed by atoms with van der Waals surface area (Å²) in [5, 5.41) is 2.93. The molecule has 33 heavy (non-hydrogen) atoms. The number of nitrogens with zero attached hydrogens (tertiary/aromatic N) is 4. The summed E-state index contributed by atoms with van der Waals surface area (Å²) in [6.07, 6.45) is 5.99. The van der Waals surface area contributed by atoms with Crippen LogP contribution in [0.3, 0.4) is 0 Å². The number of carbonyl (C=O) groups excluding carboxylic acids is 1. The molecule has 5 aromatic rings. The Balaban J connectivity index is 1.14. The van der Waals surface area contributed by atoms with Crippen LogP contribution in [-0.4, -0.2) is 25.4 Å². The molecule has 3 aromatic heterocycles. The van der Waals surface area contributed by atoms with E-state index in [2.05, 4.69) is 20.3 Å². The van der Waals surface area contributed by atoms with E-state index in [0.717, 1.165) is 28.0 Å². The van der Waals surface area contributed by atoms with Gasteiger partial charge in [0.2, 0.25) is 5.91 Å². The number of amides is 1. The van der Waals surface area contributed by atoms with E-state index in [4.69, 9.17) is 4.42 Å². The van der Waals surface area contributed by atoms with Crippen LogP contribution in [0, 0.1) is 6.92 Å². The number of fused-ring (bicyclic) bond motifs is 1. The fourth-order valence-electron chi connectivity index (χ4n) is 3.59. The Bertz CT molecular complexity index is 1380. The topological polar surface area (TPSA) is 85.8 Å². The van der Waals surface area contributed by atoms with Gasteiger partial charge in [-0.25, -0.2) is 15.0 Å². The first kappa shape index (κ1) is 20.6. The summed E-state index contributed by atoms with van der Waals surface area (Å²) in [6, 6.07) is 19.9. The third-order valence-electron chi connectivity index (χ3n) is 5.45. The smallest absolute Gasteiger partial charge is 0.220 e. The van der Waals surface area contributed by atoms with Crippen LogP contribution in [0.1, 0.15) is 23.4 Å². The van der Waals surface area contributed by atoms with Gasteiger partial charge in [-0.1, -0.05) is 48.0 Å². The molecule has 2 aromatic carbocycles. The van der Waals surface area contributed by atoms with E-state index >= 15 is 0 Å². The highest BCUT2D eigenvalue weighted by atomic mass is 16.4. The predicted octanol–water partition coefficient (Wildman–Crippen LogP) is 4.63. The lowest BCUT2D eigenvalue weighted by molar-refractivity contribution is -0.121. The summed E-state index contributed by atoms with van der Waals surface area (Å²) in [6.45, 7) is 2.46. The number of imidazole rings is 1. The number of hydrogen-bond acceptors (Lipinski definition) is 5. The number of aryl methyl sites for hydroxylation is 2. The highest BCUT2D eigenvalue weighted by Crippen LogP contribution is 2.21. The summed E-state index contributed by atoms with van der Waals surface area (Å²) >= 11 is 0. The van der Waals surface area contributed by atoms with Crippen molar-refractivity contribution >= 4 is 16.9 Å². The maximum absolute atomic E-state index is 12.3. The maximum atomic E-state index is 12.3. The van der Waals surface area contributed by atoms with E-state index in [0.29, 0.717) is 31.0 Å². The van der Waals surface area contributed by atoms with Crippen molar-refractivity contribution in [2.45, 2.75) is 26.3 Å². The van der Waals surface area contributed by atoms with Gasteiger partial charge in [0.05, 0.1) is 17.2 Å². The molecule has 1 amide bonds. The van der Waals surface area contributed by atoms with E-state index in [1.54, 1.807) is 18.7 Å². The SMILES string of the molecule is Cc1ccc(-c2cnc(CCC(=O)NCc3ccc(-n4cnc5ccccc54)nc3)o2)cc1. The number of nitrogens with one attached hydrogen (secondary N) is 1. The monoisotopic (exact) mass is 437 g/mol. The summed E-state index contributed by atoms with van der Waals surface area (Å²) in [5.41, 5.74) is 5.02.